The highest BCUT2D eigenvalue weighted by atomic mass is 35.5. The molecule has 1 aromatic heterocycles. The van der Waals surface area contributed by atoms with Gasteiger partial charge in [-0.05, 0) is 28.8 Å². The van der Waals surface area contributed by atoms with Crippen LogP contribution in [0.3, 0.4) is 0 Å². The van der Waals surface area contributed by atoms with Crippen LogP contribution in [0.1, 0.15) is 16.7 Å². The van der Waals surface area contributed by atoms with Gasteiger partial charge in [-0.2, -0.15) is 0 Å². The fourth-order valence-corrected chi connectivity index (χ4v) is 1.77. The summed E-state index contributed by atoms with van der Waals surface area (Å²) in [6, 6.07) is 11.2. The van der Waals surface area contributed by atoms with Crippen molar-refractivity contribution >= 4 is 17.2 Å². The van der Waals surface area contributed by atoms with Crippen LogP contribution in [-0.4, -0.2) is 10.1 Å². The molecule has 0 aliphatic carbocycles. The smallest absolute Gasteiger partial charge is 0.129 e. The second-order valence-corrected chi connectivity index (χ2v) is 4.05. The molecule has 0 aliphatic rings. The van der Waals surface area contributed by atoms with Crippen LogP contribution in [0.5, 0.6) is 0 Å². The molecule has 1 aromatic carbocycles. The van der Waals surface area contributed by atoms with E-state index in [1.54, 1.807) is 12.3 Å². The van der Waals surface area contributed by atoms with E-state index in [9.17, 15) is 5.11 Å². The van der Waals surface area contributed by atoms with E-state index in [4.69, 9.17) is 11.6 Å². The largest absolute Gasteiger partial charge is 0.392 e. The molecule has 2 aromatic rings. The van der Waals surface area contributed by atoms with Crippen molar-refractivity contribution in [1.82, 2.24) is 4.98 Å². The van der Waals surface area contributed by atoms with Crippen molar-refractivity contribution in [2.75, 3.05) is 0 Å². The van der Waals surface area contributed by atoms with Crippen LogP contribution >= 0.6 is 11.6 Å². The zero-order valence-electron chi connectivity index (χ0n) is 9.23. The number of pyridine rings is 1. The van der Waals surface area contributed by atoms with Gasteiger partial charge in [0, 0.05) is 11.8 Å². The molecule has 0 spiro atoms. The first-order valence-corrected chi connectivity index (χ1v) is 5.60. The first-order chi connectivity index (χ1) is 8.22. The Morgan fingerprint density at radius 2 is 2.00 bits per heavy atom. The molecule has 0 fully saturated rings. The fourth-order valence-electron chi connectivity index (χ4n) is 1.66. The molecule has 0 atom stereocenters. The van der Waals surface area contributed by atoms with Gasteiger partial charge < -0.3 is 5.11 Å². The molecule has 0 radical (unpaired) electrons. The number of halogens is 1. The Morgan fingerprint density at radius 1 is 1.24 bits per heavy atom. The molecule has 0 unspecified atom stereocenters. The third kappa shape index (κ3) is 2.54. The maximum atomic E-state index is 9.28. The number of aromatic nitrogens is 1. The summed E-state index contributed by atoms with van der Waals surface area (Å²) in [5, 5.41) is 9.74. The van der Waals surface area contributed by atoms with Crippen molar-refractivity contribution in [3.63, 3.8) is 0 Å². The SMILES string of the molecule is C=C(c1ccc(Cl)nc1)c1ccccc1CO. The summed E-state index contributed by atoms with van der Waals surface area (Å²) in [5.74, 6) is 0. The summed E-state index contributed by atoms with van der Waals surface area (Å²) in [4.78, 5) is 4.02. The van der Waals surface area contributed by atoms with Gasteiger partial charge in [0.2, 0.25) is 0 Å². The minimum atomic E-state index is -0.00376. The lowest BCUT2D eigenvalue weighted by Gasteiger charge is -2.10. The summed E-state index contributed by atoms with van der Waals surface area (Å²) in [6.07, 6.45) is 1.68. The minimum absolute atomic E-state index is 0.00376. The van der Waals surface area contributed by atoms with Crippen LogP contribution in [0, 0.1) is 0 Å². The zero-order chi connectivity index (χ0) is 12.3. The van der Waals surface area contributed by atoms with E-state index >= 15 is 0 Å². The van der Waals surface area contributed by atoms with Crippen molar-refractivity contribution in [3.05, 3.63) is 71.0 Å². The summed E-state index contributed by atoms with van der Waals surface area (Å²) < 4.78 is 0. The average molecular weight is 246 g/mol. The maximum absolute atomic E-state index is 9.28. The highest BCUT2D eigenvalue weighted by Gasteiger charge is 2.07. The lowest BCUT2D eigenvalue weighted by molar-refractivity contribution is 0.281. The molecule has 0 bridgehead atoms. The van der Waals surface area contributed by atoms with E-state index in [0.717, 1.165) is 22.3 Å². The molecule has 0 aliphatic heterocycles. The fraction of sp³-hybridized carbons (Fsp3) is 0.0714. The van der Waals surface area contributed by atoms with Gasteiger partial charge in [0.25, 0.3) is 0 Å². The molecule has 17 heavy (non-hydrogen) atoms. The van der Waals surface area contributed by atoms with Gasteiger partial charge >= 0.3 is 0 Å². The van der Waals surface area contributed by atoms with Gasteiger partial charge in [-0.25, -0.2) is 4.98 Å². The lowest BCUT2D eigenvalue weighted by Crippen LogP contribution is -1.94. The van der Waals surface area contributed by atoms with Gasteiger partial charge in [0.15, 0.2) is 0 Å². The average Bonchev–Trinajstić information content (AvgIpc) is 2.39. The molecule has 0 saturated heterocycles. The Bertz CT molecular complexity index is 534. The Morgan fingerprint density at radius 3 is 2.65 bits per heavy atom. The monoisotopic (exact) mass is 245 g/mol. The second kappa shape index (κ2) is 5.13. The number of hydrogen-bond acceptors (Lipinski definition) is 2. The molecule has 2 rings (SSSR count). The Labute approximate surface area is 105 Å². The van der Waals surface area contributed by atoms with Crippen LogP contribution in [0.2, 0.25) is 5.15 Å². The summed E-state index contributed by atoms with van der Waals surface area (Å²) in [7, 11) is 0. The van der Waals surface area contributed by atoms with E-state index in [1.165, 1.54) is 0 Å². The molecule has 1 heterocycles. The zero-order valence-corrected chi connectivity index (χ0v) is 9.98. The van der Waals surface area contributed by atoms with Crippen LogP contribution in [0.15, 0.2) is 49.2 Å². The van der Waals surface area contributed by atoms with Crippen molar-refractivity contribution in [2.45, 2.75) is 6.61 Å². The highest BCUT2D eigenvalue weighted by Crippen LogP contribution is 2.24. The Balaban J connectivity index is 2.40. The molecular weight excluding hydrogens is 234 g/mol. The number of rotatable bonds is 3. The van der Waals surface area contributed by atoms with Crippen molar-refractivity contribution in [3.8, 4) is 0 Å². The van der Waals surface area contributed by atoms with E-state index < -0.39 is 0 Å². The number of hydrogen-bond donors (Lipinski definition) is 1. The summed E-state index contributed by atoms with van der Waals surface area (Å²) in [5.41, 5.74) is 3.51. The molecule has 3 heteroatoms. The van der Waals surface area contributed by atoms with E-state index in [0.29, 0.717) is 5.15 Å². The van der Waals surface area contributed by atoms with Crippen molar-refractivity contribution in [2.24, 2.45) is 0 Å². The van der Waals surface area contributed by atoms with E-state index in [-0.39, 0.29) is 6.61 Å². The third-order valence-electron chi connectivity index (χ3n) is 2.59. The molecular formula is C14H12ClNO. The van der Waals surface area contributed by atoms with Gasteiger partial charge in [-0.15, -0.1) is 0 Å². The maximum Gasteiger partial charge on any atom is 0.129 e. The van der Waals surface area contributed by atoms with Crippen molar-refractivity contribution < 1.29 is 5.11 Å². The van der Waals surface area contributed by atoms with Crippen LogP contribution in [-0.2, 0) is 6.61 Å². The van der Waals surface area contributed by atoms with Gasteiger partial charge in [0.05, 0.1) is 6.61 Å². The first kappa shape index (κ1) is 11.8. The molecule has 86 valence electrons. The molecule has 0 amide bonds. The predicted octanol–water partition coefficient (Wildman–Crippen LogP) is 3.29. The van der Waals surface area contributed by atoms with E-state index in [2.05, 4.69) is 11.6 Å². The van der Waals surface area contributed by atoms with Gasteiger partial charge in [-0.3, -0.25) is 0 Å². The number of aliphatic hydroxyl groups is 1. The third-order valence-corrected chi connectivity index (χ3v) is 2.81. The Kier molecular flexibility index (Phi) is 3.57. The number of nitrogens with zero attached hydrogens (tertiary/aromatic N) is 1. The lowest BCUT2D eigenvalue weighted by atomic mass is 9.97. The normalized spacial score (nSPS) is 10.2. The van der Waals surface area contributed by atoms with Crippen LogP contribution < -0.4 is 0 Å². The summed E-state index contributed by atoms with van der Waals surface area (Å²) in [6.45, 7) is 4.04. The Hall–Kier alpha value is -1.64. The quantitative estimate of drug-likeness (QED) is 0.842. The predicted molar refractivity (Wildman–Crippen MR) is 69.7 cm³/mol. The van der Waals surface area contributed by atoms with Gasteiger partial charge in [0.1, 0.15) is 5.15 Å². The molecule has 2 nitrogen and oxygen atoms in total. The number of aliphatic hydroxyl groups excluding tert-OH is 1. The molecule has 1 N–H and O–H groups in total. The highest BCUT2D eigenvalue weighted by molar-refractivity contribution is 6.29. The standard InChI is InChI=1S/C14H12ClNO/c1-10(11-6-7-14(15)16-8-11)13-5-3-2-4-12(13)9-17/h2-8,17H,1,9H2. The van der Waals surface area contributed by atoms with Gasteiger partial charge in [-0.1, -0.05) is 42.4 Å². The van der Waals surface area contributed by atoms with Crippen LogP contribution in [0.4, 0.5) is 0 Å². The summed E-state index contributed by atoms with van der Waals surface area (Å²) >= 11 is 5.74. The second-order valence-electron chi connectivity index (χ2n) is 3.66. The molecule has 0 saturated carbocycles. The van der Waals surface area contributed by atoms with E-state index in [1.807, 2.05) is 30.3 Å². The van der Waals surface area contributed by atoms with Crippen molar-refractivity contribution in [1.29, 1.82) is 0 Å². The first-order valence-electron chi connectivity index (χ1n) is 5.22. The number of benzene rings is 1. The minimum Gasteiger partial charge on any atom is -0.392 e. The van der Waals surface area contributed by atoms with Crippen LogP contribution in [0.25, 0.3) is 5.57 Å². The topological polar surface area (TPSA) is 33.1 Å².